The van der Waals surface area contributed by atoms with Gasteiger partial charge in [-0.25, -0.2) is 4.98 Å². The van der Waals surface area contributed by atoms with Crippen LogP contribution in [0.4, 0.5) is 0 Å². The summed E-state index contributed by atoms with van der Waals surface area (Å²) < 4.78 is 2.05. The standard InChI is InChI=1S/C13H24N4O/c1-12(9-17-7-4-14-11-17)15-8-13(18)10-16-5-2-3-6-16/h4,7,11-13,15,18H,2-3,5-6,8-10H2,1H3. The Hall–Kier alpha value is -0.910. The Labute approximate surface area is 109 Å². The van der Waals surface area contributed by atoms with Crippen molar-refractivity contribution in [3.8, 4) is 0 Å². The van der Waals surface area contributed by atoms with E-state index in [1.54, 1.807) is 6.20 Å². The minimum Gasteiger partial charge on any atom is -0.390 e. The highest BCUT2D eigenvalue weighted by molar-refractivity contribution is 4.77. The summed E-state index contributed by atoms with van der Waals surface area (Å²) in [4.78, 5) is 6.36. The lowest BCUT2D eigenvalue weighted by molar-refractivity contribution is 0.120. The third kappa shape index (κ3) is 4.40. The number of β-amino-alcohol motifs (C(OH)–C–C–N with tert-alkyl or cyclic N) is 1. The largest absolute Gasteiger partial charge is 0.390 e. The van der Waals surface area contributed by atoms with Crippen LogP contribution in [0.25, 0.3) is 0 Å². The molecule has 18 heavy (non-hydrogen) atoms. The Bertz CT molecular complexity index is 322. The molecule has 1 aromatic rings. The van der Waals surface area contributed by atoms with Crippen molar-refractivity contribution in [2.24, 2.45) is 0 Å². The highest BCUT2D eigenvalue weighted by Gasteiger charge is 2.16. The van der Waals surface area contributed by atoms with Crippen molar-refractivity contribution in [2.75, 3.05) is 26.2 Å². The maximum atomic E-state index is 9.96. The molecule has 1 aliphatic heterocycles. The second-order valence-electron chi connectivity index (χ2n) is 5.23. The molecule has 0 saturated carbocycles. The first-order valence-electron chi connectivity index (χ1n) is 6.83. The topological polar surface area (TPSA) is 53.3 Å². The van der Waals surface area contributed by atoms with Crippen molar-refractivity contribution in [1.29, 1.82) is 0 Å². The minimum absolute atomic E-state index is 0.270. The molecule has 2 atom stereocenters. The van der Waals surface area contributed by atoms with Crippen molar-refractivity contribution in [1.82, 2.24) is 19.8 Å². The van der Waals surface area contributed by atoms with Gasteiger partial charge in [-0.1, -0.05) is 0 Å². The maximum absolute atomic E-state index is 9.96. The van der Waals surface area contributed by atoms with Gasteiger partial charge < -0.3 is 19.9 Å². The zero-order chi connectivity index (χ0) is 12.8. The molecule has 0 aromatic carbocycles. The van der Waals surface area contributed by atoms with Crippen molar-refractivity contribution in [3.05, 3.63) is 18.7 Å². The molecule has 0 radical (unpaired) electrons. The summed E-state index contributed by atoms with van der Waals surface area (Å²) in [7, 11) is 0. The molecule has 1 aliphatic rings. The summed E-state index contributed by atoms with van der Waals surface area (Å²) in [5.74, 6) is 0. The monoisotopic (exact) mass is 252 g/mol. The molecule has 1 aromatic heterocycles. The lowest BCUT2D eigenvalue weighted by Crippen LogP contribution is -2.41. The third-order valence-electron chi connectivity index (χ3n) is 3.41. The number of likely N-dealkylation sites (tertiary alicyclic amines) is 1. The van der Waals surface area contributed by atoms with Crippen LogP contribution < -0.4 is 5.32 Å². The molecule has 2 unspecified atom stereocenters. The van der Waals surface area contributed by atoms with E-state index in [0.29, 0.717) is 12.6 Å². The maximum Gasteiger partial charge on any atom is 0.0946 e. The fourth-order valence-electron chi connectivity index (χ4n) is 2.44. The third-order valence-corrected chi connectivity index (χ3v) is 3.41. The first-order valence-corrected chi connectivity index (χ1v) is 6.83. The molecule has 2 heterocycles. The van der Waals surface area contributed by atoms with E-state index in [-0.39, 0.29) is 6.10 Å². The molecule has 0 aliphatic carbocycles. The second-order valence-corrected chi connectivity index (χ2v) is 5.23. The SMILES string of the molecule is CC(Cn1ccnc1)NCC(O)CN1CCCC1. The molecule has 2 N–H and O–H groups in total. The van der Waals surface area contributed by atoms with Crippen molar-refractivity contribution in [3.63, 3.8) is 0 Å². The number of rotatable bonds is 7. The van der Waals surface area contributed by atoms with Gasteiger partial charge in [-0.3, -0.25) is 0 Å². The quantitative estimate of drug-likeness (QED) is 0.734. The fraction of sp³-hybridized carbons (Fsp3) is 0.769. The van der Waals surface area contributed by atoms with E-state index >= 15 is 0 Å². The first-order chi connectivity index (χ1) is 8.74. The van der Waals surface area contributed by atoms with Crippen LogP contribution in [0.5, 0.6) is 0 Å². The second kappa shape index (κ2) is 6.87. The van der Waals surface area contributed by atoms with E-state index in [0.717, 1.165) is 26.2 Å². The van der Waals surface area contributed by atoms with Gasteiger partial charge in [0.1, 0.15) is 0 Å². The summed E-state index contributed by atoms with van der Waals surface area (Å²) in [6, 6.07) is 0.340. The number of aliphatic hydroxyl groups excluding tert-OH is 1. The molecule has 0 amide bonds. The van der Waals surface area contributed by atoms with E-state index in [2.05, 4.69) is 22.1 Å². The lowest BCUT2D eigenvalue weighted by Gasteiger charge is -2.21. The van der Waals surface area contributed by atoms with E-state index in [4.69, 9.17) is 0 Å². The highest BCUT2D eigenvalue weighted by Crippen LogP contribution is 2.07. The van der Waals surface area contributed by atoms with Gasteiger partial charge >= 0.3 is 0 Å². The number of nitrogens with zero attached hydrogens (tertiary/aromatic N) is 3. The molecule has 1 fully saturated rings. The fourth-order valence-corrected chi connectivity index (χ4v) is 2.44. The van der Waals surface area contributed by atoms with Gasteiger partial charge in [-0.15, -0.1) is 0 Å². The van der Waals surface area contributed by atoms with E-state index in [9.17, 15) is 5.11 Å². The predicted octanol–water partition coefficient (Wildman–Crippen LogP) is 0.318. The Morgan fingerprint density at radius 1 is 1.33 bits per heavy atom. The van der Waals surface area contributed by atoms with Gasteiger partial charge in [0.25, 0.3) is 0 Å². The predicted molar refractivity (Wildman–Crippen MR) is 71.4 cm³/mol. The van der Waals surface area contributed by atoms with Gasteiger partial charge in [-0.05, 0) is 32.9 Å². The summed E-state index contributed by atoms with van der Waals surface area (Å²) in [5, 5.41) is 13.3. The number of aromatic nitrogens is 2. The number of hydrogen-bond donors (Lipinski definition) is 2. The zero-order valence-electron chi connectivity index (χ0n) is 11.1. The van der Waals surface area contributed by atoms with Crippen molar-refractivity contribution in [2.45, 2.75) is 38.5 Å². The van der Waals surface area contributed by atoms with Crippen molar-refractivity contribution >= 4 is 0 Å². The Balaban J connectivity index is 1.61. The molecule has 102 valence electrons. The first kappa shape index (κ1) is 13.5. The van der Waals surface area contributed by atoms with Crippen LogP contribution >= 0.6 is 0 Å². The summed E-state index contributed by atoms with van der Waals surface area (Å²) in [5.41, 5.74) is 0. The normalized spacial score (nSPS) is 20.1. The van der Waals surface area contributed by atoms with Crippen LogP contribution in [0.15, 0.2) is 18.7 Å². The van der Waals surface area contributed by atoms with Gasteiger partial charge in [0.05, 0.1) is 12.4 Å². The molecule has 0 spiro atoms. The van der Waals surface area contributed by atoms with Gasteiger partial charge in [0.2, 0.25) is 0 Å². The molecule has 2 rings (SSSR count). The average molecular weight is 252 g/mol. The number of aliphatic hydroxyl groups is 1. The van der Waals surface area contributed by atoms with Crippen LogP contribution in [0, 0.1) is 0 Å². The summed E-state index contributed by atoms with van der Waals surface area (Å²) in [6.45, 7) is 6.75. The number of nitrogens with one attached hydrogen (secondary N) is 1. The smallest absolute Gasteiger partial charge is 0.0946 e. The molecular weight excluding hydrogens is 228 g/mol. The van der Waals surface area contributed by atoms with Crippen LogP contribution in [0.2, 0.25) is 0 Å². The van der Waals surface area contributed by atoms with Crippen LogP contribution in [0.3, 0.4) is 0 Å². The molecule has 5 heteroatoms. The minimum atomic E-state index is -0.270. The molecule has 1 saturated heterocycles. The van der Waals surface area contributed by atoms with Crippen molar-refractivity contribution < 1.29 is 5.11 Å². The van der Waals surface area contributed by atoms with Crippen LogP contribution in [0.1, 0.15) is 19.8 Å². The number of imidazole rings is 1. The van der Waals surface area contributed by atoms with Gasteiger partial charge in [-0.2, -0.15) is 0 Å². The van der Waals surface area contributed by atoms with Gasteiger partial charge in [0, 0.05) is 38.1 Å². The van der Waals surface area contributed by atoms with E-state index < -0.39 is 0 Å². The van der Waals surface area contributed by atoms with Crippen LogP contribution in [-0.2, 0) is 6.54 Å². The molecule has 0 bridgehead atoms. The van der Waals surface area contributed by atoms with E-state index in [1.807, 2.05) is 17.1 Å². The number of hydrogen-bond acceptors (Lipinski definition) is 4. The average Bonchev–Trinajstić information content (AvgIpc) is 2.99. The van der Waals surface area contributed by atoms with Gasteiger partial charge in [0.15, 0.2) is 0 Å². The zero-order valence-corrected chi connectivity index (χ0v) is 11.1. The Morgan fingerprint density at radius 3 is 2.78 bits per heavy atom. The molecular formula is C13H24N4O. The summed E-state index contributed by atoms with van der Waals surface area (Å²) >= 11 is 0. The molecule has 5 nitrogen and oxygen atoms in total. The Morgan fingerprint density at radius 2 is 2.11 bits per heavy atom. The summed E-state index contributed by atoms with van der Waals surface area (Å²) in [6.07, 6.45) is 7.84. The Kier molecular flexibility index (Phi) is 5.16. The van der Waals surface area contributed by atoms with Crippen LogP contribution in [-0.4, -0.2) is 57.9 Å². The highest BCUT2D eigenvalue weighted by atomic mass is 16.3. The lowest BCUT2D eigenvalue weighted by atomic mass is 10.2. The van der Waals surface area contributed by atoms with E-state index in [1.165, 1.54) is 12.8 Å².